The molecule has 1 amide bonds. The molecule has 19 heavy (non-hydrogen) atoms. The van der Waals surface area contributed by atoms with E-state index in [0.717, 1.165) is 16.7 Å². The van der Waals surface area contributed by atoms with Crippen LogP contribution in [-0.4, -0.2) is 39.7 Å². The van der Waals surface area contributed by atoms with Crippen LogP contribution in [0.15, 0.2) is 16.9 Å². The molecule has 0 unspecified atom stereocenters. The maximum atomic E-state index is 11.7. The van der Waals surface area contributed by atoms with E-state index < -0.39 is 5.60 Å². The fraction of sp³-hybridized carbons (Fsp3) is 0.615. The van der Waals surface area contributed by atoms with Crippen LogP contribution in [0.25, 0.3) is 0 Å². The lowest BCUT2D eigenvalue weighted by molar-refractivity contribution is -0.00114. The molecular formula is C13H18BrN3O2. The number of likely N-dealkylation sites (tertiary alicyclic amines) is 1. The molecule has 1 aliphatic rings. The molecule has 0 aromatic carbocycles. The largest absolute Gasteiger partial charge is 0.444 e. The molecule has 0 bridgehead atoms. The molecule has 0 spiro atoms. The zero-order valence-electron chi connectivity index (χ0n) is 11.4. The van der Waals surface area contributed by atoms with Gasteiger partial charge in [0.1, 0.15) is 11.4 Å². The average Bonchev–Trinajstić information content (AvgIpc) is 2.22. The van der Waals surface area contributed by atoms with E-state index in [2.05, 4.69) is 25.9 Å². The molecule has 0 radical (unpaired) electrons. The third-order valence-corrected chi connectivity index (χ3v) is 3.16. The molecule has 0 atom stereocenters. The number of halogens is 1. The summed E-state index contributed by atoms with van der Waals surface area (Å²) in [7, 11) is 0. The van der Waals surface area contributed by atoms with Crippen molar-refractivity contribution in [2.24, 2.45) is 5.92 Å². The second-order valence-electron chi connectivity index (χ2n) is 5.77. The van der Waals surface area contributed by atoms with Gasteiger partial charge >= 0.3 is 6.09 Å². The average molecular weight is 328 g/mol. The quantitative estimate of drug-likeness (QED) is 0.837. The summed E-state index contributed by atoms with van der Waals surface area (Å²) in [6.07, 6.45) is 4.05. The van der Waals surface area contributed by atoms with Gasteiger partial charge in [0.05, 0.1) is 4.47 Å². The van der Waals surface area contributed by atoms with E-state index in [4.69, 9.17) is 4.74 Å². The standard InChI is InChI=1S/C13H18BrN3O2/c1-13(2,3)19-12(18)17-7-9(8-17)4-11-15-5-10(14)6-16-11/h5-6,9H,4,7-8H2,1-3H3. The van der Waals surface area contributed by atoms with E-state index >= 15 is 0 Å². The second kappa shape index (κ2) is 5.45. The summed E-state index contributed by atoms with van der Waals surface area (Å²) < 4.78 is 6.18. The van der Waals surface area contributed by atoms with Crippen LogP contribution in [0.3, 0.4) is 0 Å². The van der Waals surface area contributed by atoms with Gasteiger partial charge in [0, 0.05) is 37.8 Å². The molecule has 6 heteroatoms. The first-order chi connectivity index (χ1) is 8.83. The van der Waals surface area contributed by atoms with Crippen LogP contribution in [-0.2, 0) is 11.2 Å². The summed E-state index contributed by atoms with van der Waals surface area (Å²) in [6, 6.07) is 0. The Bertz CT molecular complexity index is 450. The van der Waals surface area contributed by atoms with E-state index in [1.54, 1.807) is 17.3 Å². The lowest BCUT2D eigenvalue weighted by Crippen LogP contribution is -2.52. The Labute approximate surface area is 121 Å². The Morgan fingerprint density at radius 2 is 2.00 bits per heavy atom. The second-order valence-corrected chi connectivity index (χ2v) is 6.69. The van der Waals surface area contributed by atoms with E-state index in [0.29, 0.717) is 19.0 Å². The summed E-state index contributed by atoms with van der Waals surface area (Å²) in [5.41, 5.74) is -0.434. The summed E-state index contributed by atoms with van der Waals surface area (Å²) >= 11 is 3.30. The molecule has 1 saturated heterocycles. The van der Waals surface area contributed by atoms with Crippen molar-refractivity contribution in [2.45, 2.75) is 32.8 Å². The van der Waals surface area contributed by atoms with Gasteiger partial charge in [0.2, 0.25) is 0 Å². The first kappa shape index (κ1) is 14.2. The molecule has 1 aliphatic heterocycles. The van der Waals surface area contributed by atoms with Crippen molar-refractivity contribution < 1.29 is 9.53 Å². The lowest BCUT2D eigenvalue weighted by Gasteiger charge is -2.39. The van der Waals surface area contributed by atoms with Gasteiger partial charge in [0.25, 0.3) is 0 Å². The van der Waals surface area contributed by atoms with Gasteiger partial charge in [-0.3, -0.25) is 0 Å². The first-order valence-corrected chi connectivity index (χ1v) is 7.07. The van der Waals surface area contributed by atoms with Crippen molar-refractivity contribution in [2.75, 3.05) is 13.1 Å². The maximum Gasteiger partial charge on any atom is 0.410 e. The smallest absolute Gasteiger partial charge is 0.410 e. The van der Waals surface area contributed by atoms with Crippen molar-refractivity contribution in [3.05, 3.63) is 22.7 Å². The number of hydrogen-bond acceptors (Lipinski definition) is 4. The molecule has 0 saturated carbocycles. The van der Waals surface area contributed by atoms with Crippen LogP contribution in [0.4, 0.5) is 4.79 Å². The summed E-state index contributed by atoms with van der Waals surface area (Å²) in [5.74, 6) is 1.24. The number of aromatic nitrogens is 2. The van der Waals surface area contributed by atoms with Crippen molar-refractivity contribution >= 4 is 22.0 Å². The Hall–Kier alpha value is -1.17. The van der Waals surface area contributed by atoms with E-state index in [1.807, 2.05) is 20.8 Å². The van der Waals surface area contributed by atoms with Crippen molar-refractivity contribution in [1.82, 2.24) is 14.9 Å². The molecule has 5 nitrogen and oxygen atoms in total. The van der Waals surface area contributed by atoms with Crippen molar-refractivity contribution in [3.63, 3.8) is 0 Å². The fourth-order valence-electron chi connectivity index (χ4n) is 1.88. The number of hydrogen-bond donors (Lipinski definition) is 0. The highest BCUT2D eigenvalue weighted by Crippen LogP contribution is 2.22. The highest BCUT2D eigenvalue weighted by molar-refractivity contribution is 9.10. The van der Waals surface area contributed by atoms with Gasteiger partial charge in [0.15, 0.2) is 0 Å². The molecule has 2 heterocycles. The number of amides is 1. The first-order valence-electron chi connectivity index (χ1n) is 6.28. The van der Waals surface area contributed by atoms with E-state index in [9.17, 15) is 4.79 Å². The third kappa shape index (κ3) is 4.16. The normalized spacial score (nSPS) is 16.1. The van der Waals surface area contributed by atoms with Crippen molar-refractivity contribution in [1.29, 1.82) is 0 Å². The van der Waals surface area contributed by atoms with Crippen molar-refractivity contribution in [3.8, 4) is 0 Å². The Morgan fingerprint density at radius 3 is 2.53 bits per heavy atom. The summed E-state index contributed by atoms with van der Waals surface area (Å²) in [5, 5.41) is 0. The van der Waals surface area contributed by atoms with Gasteiger partial charge in [-0.15, -0.1) is 0 Å². The van der Waals surface area contributed by atoms with Crippen LogP contribution in [0.5, 0.6) is 0 Å². The van der Waals surface area contributed by atoms with Crippen LogP contribution in [0.2, 0.25) is 0 Å². The third-order valence-electron chi connectivity index (χ3n) is 2.75. The number of ether oxygens (including phenoxy) is 1. The minimum atomic E-state index is -0.434. The van der Waals surface area contributed by atoms with Gasteiger partial charge in [-0.25, -0.2) is 14.8 Å². The minimum Gasteiger partial charge on any atom is -0.444 e. The highest BCUT2D eigenvalue weighted by Gasteiger charge is 2.33. The Kier molecular flexibility index (Phi) is 4.08. The fourth-order valence-corrected chi connectivity index (χ4v) is 2.08. The molecule has 1 aromatic heterocycles. The van der Waals surface area contributed by atoms with E-state index in [-0.39, 0.29) is 6.09 Å². The summed E-state index contributed by atoms with van der Waals surface area (Å²) in [6.45, 7) is 7.05. The molecule has 0 N–H and O–H groups in total. The number of carbonyl (C=O) groups excluding carboxylic acids is 1. The van der Waals surface area contributed by atoms with Crippen LogP contribution < -0.4 is 0 Å². The predicted octanol–water partition coefficient (Wildman–Crippen LogP) is 2.65. The lowest BCUT2D eigenvalue weighted by atomic mass is 9.96. The maximum absolute atomic E-state index is 11.7. The summed E-state index contributed by atoms with van der Waals surface area (Å²) in [4.78, 5) is 21.9. The number of carbonyl (C=O) groups is 1. The van der Waals surface area contributed by atoms with Gasteiger partial charge < -0.3 is 9.64 Å². The molecule has 0 aliphatic carbocycles. The molecule has 104 valence electrons. The Morgan fingerprint density at radius 1 is 1.42 bits per heavy atom. The monoisotopic (exact) mass is 327 g/mol. The minimum absolute atomic E-state index is 0.236. The predicted molar refractivity (Wildman–Crippen MR) is 74.7 cm³/mol. The van der Waals surface area contributed by atoms with Gasteiger partial charge in [-0.2, -0.15) is 0 Å². The van der Waals surface area contributed by atoms with Gasteiger partial charge in [-0.05, 0) is 36.7 Å². The molecule has 1 aromatic rings. The number of nitrogens with zero attached hydrogens (tertiary/aromatic N) is 3. The van der Waals surface area contributed by atoms with Crippen LogP contribution in [0, 0.1) is 5.92 Å². The highest BCUT2D eigenvalue weighted by atomic mass is 79.9. The Balaban J connectivity index is 1.77. The zero-order valence-corrected chi connectivity index (χ0v) is 13.0. The molecular weight excluding hydrogens is 310 g/mol. The van der Waals surface area contributed by atoms with Crippen LogP contribution in [0.1, 0.15) is 26.6 Å². The number of rotatable bonds is 2. The SMILES string of the molecule is CC(C)(C)OC(=O)N1CC(Cc2ncc(Br)cn2)C1. The molecule has 1 fully saturated rings. The van der Waals surface area contributed by atoms with Gasteiger partial charge in [-0.1, -0.05) is 0 Å². The molecule has 2 rings (SSSR count). The van der Waals surface area contributed by atoms with E-state index in [1.165, 1.54) is 0 Å². The topological polar surface area (TPSA) is 55.3 Å². The zero-order chi connectivity index (χ0) is 14.0. The van der Waals surface area contributed by atoms with Crippen LogP contribution >= 0.6 is 15.9 Å².